The number of halogens is 1. The van der Waals surface area contributed by atoms with Crippen LogP contribution in [0.25, 0.3) is 0 Å². The zero-order valence-corrected chi connectivity index (χ0v) is 9.79. The third-order valence-electron chi connectivity index (χ3n) is 2.75. The Morgan fingerprint density at radius 3 is 3.12 bits per heavy atom. The number of carbonyl (C=O) groups excluding carboxylic acids is 1. The highest BCUT2D eigenvalue weighted by molar-refractivity contribution is 6.31. The molecule has 2 rings (SSSR count). The molecule has 0 fully saturated rings. The summed E-state index contributed by atoms with van der Waals surface area (Å²) in [5.74, 6) is 0.897. The second kappa shape index (κ2) is 4.85. The summed E-state index contributed by atoms with van der Waals surface area (Å²) in [6.45, 7) is 2.75. The molecule has 0 bridgehead atoms. The first-order valence-electron chi connectivity index (χ1n) is 5.19. The van der Waals surface area contributed by atoms with Crippen molar-refractivity contribution in [1.82, 2.24) is 0 Å². The maximum absolute atomic E-state index is 10.6. The van der Waals surface area contributed by atoms with Crippen molar-refractivity contribution in [3.05, 3.63) is 28.3 Å². The molecule has 0 aliphatic carbocycles. The van der Waals surface area contributed by atoms with Crippen LogP contribution in [0.3, 0.4) is 0 Å². The fraction of sp³-hybridized carbons (Fsp3) is 0.417. The standard InChI is InChI=1S/C12H13ClO3/c1-8(4-5-14)12-9-6-15-7-16-11(9)3-2-10(12)13/h2-3,5,8H,4,6-7H2,1H3. The van der Waals surface area contributed by atoms with E-state index in [1.807, 2.05) is 19.1 Å². The highest BCUT2D eigenvalue weighted by Crippen LogP contribution is 2.37. The molecule has 0 aromatic heterocycles. The lowest BCUT2D eigenvalue weighted by atomic mass is 9.93. The van der Waals surface area contributed by atoms with Crippen molar-refractivity contribution >= 4 is 17.9 Å². The molecule has 1 atom stereocenters. The van der Waals surface area contributed by atoms with Crippen LogP contribution < -0.4 is 4.74 Å². The van der Waals surface area contributed by atoms with E-state index in [-0.39, 0.29) is 12.7 Å². The van der Waals surface area contributed by atoms with Crippen molar-refractivity contribution in [1.29, 1.82) is 0 Å². The van der Waals surface area contributed by atoms with Crippen LogP contribution in [0, 0.1) is 0 Å². The Hall–Kier alpha value is -1.06. The SMILES string of the molecule is CC(CC=O)c1c(Cl)ccc2c1COCO2. The quantitative estimate of drug-likeness (QED) is 0.762. The van der Waals surface area contributed by atoms with Gasteiger partial charge in [-0.15, -0.1) is 0 Å². The average molecular weight is 241 g/mol. The van der Waals surface area contributed by atoms with Gasteiger partial charge < -0.3 is 14.3 Å². The van der Waals surface area contributed by atoms with E-state index in [0.29, 0.717) is 18.1 Å². The second-order valence-electron chi connectivity index (χ2n) is 3.85. The lowest BCUT2D eigenvalue weighted by Gasteiger charge is -2.23. The number of fused-ring (bicyclic) bond motifs is 1. The van der Waals surface area contributed by atoms with Crippen LogP contribution in [-0.4, -0.2) is 13.1 Å². The second-order valence-corrected chi connectivity index (χ2v) is 4.26. The van der Waals surface area contributed by atoms with Gasteiger partial charge in [-0.1, -0.05) is 18.5 Å². The van der Waals surface area contributed by atoms with Gasteiger partial charge in [-0.2, -0.15) is 0 Å². The van der Waals surface area contributed by atoms with Crippen molar-refractivity contribution in [3.8, 4) is 5.75 Å². The van der Waals surface area contributed by atoms with Gasteiger partial charge in [0.2, 0.25) is 0 Å². The predicted octanol–water partition coefficient (Wildman–Crippen LogP) is 2.90. The summed E-state index contributed by atoms with van der Waals surface area (Å²) in [5, 5.41) is 0.669. The highest BCUT2D eigenvalue weighted by atomic mass is 35.5. The Morgan fingerprint density at radius 1 is 1.56 bits per heavy atom. The van der Waals surface area contributed by atoms with E-state index < -0.39 is 0 Å². The van der Waals surface area contributed by atoms with Crippen LogP contribution in [0.15, 0.2) is 12.1 Å². The van der Waals surface area contributed by atoms with E-state index in [0.717, 1.165) is 23.2 Å². The van der Waals surface area contributed by atoms with Gasteiger partial charge in [0.25, 0.3) is 0 Å². The van der Waals surface area contributed by atoms with E-state index in [1.165, 1.54) is 0 Å². The van der Waals surface area contributed by atoms with Gasteiger partial charge in [-0.05, 0) is 23.6 Å². The molecule has 1 unspecified atom stereocenters. The molecule has 1 heterocycles. The third kappa shape index (κ3) is 2.06. The normalized spacial score (nSPS) is 16.1. The fourth-order valence-corrected chi connectivity index (χ4v) is 2.31. The summed E-state index contributed by atoms with van der Waals surface area (Å²) < 4.78 is 10.6. The molecular weight excluding hydrogens is 228 g/mol. The molecular formula is C12H13ClO3. The molecule has 1 aromatic carbocycles. The summed E-state index contributed by atoms with van der Waals surface area (Å²) in [6, 6.07) is 3.65. The fourth-order valence-electron chi connectivity index (χ4n) is 1.94. The van der Waals surface area contributed by atoms with Gasteiger partial charge in [0.15, 0.2) is 6.79 Å². The van der Waals surface area contributed by atoms with Crippen LogP contribution in [0.5, 0.6) is 5.75 Å². The molecule has 0 radical (unpaired) electrons. The number of ether oxygens (including phenoxy) is 2. The Labute approximate surface area is 99.3 Å². The molecule has 1 aliphatic rings. The van der Waals surface area contributed by atoms with Crippen molar-refractivity contribution in [2.45, 2.75) is 25.9 Å². The summed E-state index contributed by atoms with van der Waals surface area (Å²) in [5.41, 5.74) is 1.93. The smallest absolute Gasteiger partial charge is 0.189 e. The average Bonchev–Trinajstić information content (AvgIpc) is 2.29. The molecule has 1 aliphatic heterocycles. The number of rotatable bonds is 3. The summed E-state index contributed by atoms with van der Waals surface area (Å²) in [6.07, 6.45) is 1.36. The van der Waals surface area contributed by atoms with Gasteiger partial charge in [0.05, 0.1) is 6.61 Å². The van der Waals surface area contributed by atoms with E-state index in [2.05, 4.69) is 0 Å². The van der Waals surface area contributed by atoms with Crippen LogP contribution in [0.2, 0.25) is 5.02 Å². The molecule has 0 amide bonds. The minimum absolute atomic E-state index is 0.0882. The summed E-state index contributed by atoms with van der Waals surface area (Å²) in [4.78, 5) is 10.6. The van der Waals surface area contributed by atoms with E-state index >= 15 is 0 Å². The molecule has 4 heteroatoms. The minimum atomic E-state index is 0.0882. The van der Waals surface area contributed by atoms with Crippen LogP contribution in [0.4, 0.5) is 0 Å². The van der Waals surface area contributed by atoms with Gasteiger partial charge in [-0.3, -0.25) is 0 Å². The largest absolute Gasteiger partial charge is 0.467 e. The van der Waals surface area contributed by atoms with Crippen molar-refractivity contribution in [2.75, 3.05) is 6.79 Å². The zero-order chi connectivity index (χ0) is 11.5. The minimum Gasteiger partial charge on any atom is -0.467 e. The number of aldehydes is 1. The Kier molecular flexibility index (Phi) is 3.46. The zero-order valence-electron chi connectivity index (χ0n) is 9.03. The first-order valence-corrected chi connectivity index (χ1v) is 5.57. The van der Waals surface area contributed by atoms with Crippen molar-refractivity contribution in [3.63, 3.8) is 0 Å². The molecule has 1 aromatic rings. The molecule has 0 saturated heterocycles. The molecule has 16 heavy (non-hydrogen) atoms. The van der Waals surface area contributed by atoms with Gasteiger partial charge in [-0.25, -0.2) is 0 Å². The van der Waals surface area contributed by atoms with Crippen LogP contribution >= 0.6 is 11.6 Å². The van der Waals surface area contributed by atoms with E-state index in [1.54, 1.807) is 0 Å². The first kappa shape index (κ1) is 11.4. The lowest BCUT2D eigenvalue weighted by molar-refractivity contribution is -0.108. The molecule has 86 valence electrons. The third-order valence-corrected chi connectivity index (χ3v) is 3.08. The maximum Gasteiger partial charge on any atom is 0.189 e. The molecule has 0 saturated carbocycles. The predicted molar refractivity (Wildman–Crippen MR) is 60.8 cm³/mol. The highest BCUT2D eigenvalue weighted by Gasteiger charge is 2.21. The number of benzene rings is 1. The van der Waals surface area contributed by atoms with Gasteiger partial charge in [0.1, 0.15) is 12.0 Å². The maximum atomic E-state index is 10.6. The van der Waals surface area contributed by atoms with Gasteiger partial charge >= 0.3 is 0 Å². The molecule has 0 N–H and O–H groups in total. The Bertz CT molecular complexity index is 403. The molecule has 3 nitrogen and oxygen atoms in total. The number of hydrogen-bond acceptors (Lipinski definition) is 3. The number of hydrogen-bond donors (Lipinski definition) is 0. The van der Waals surface area contributed by atoms with E-state index in [9.17, 15) is 4.79 Å². The summed E-state index contributed by atoms with van der Waals surface area (Å²) in [7, 11) is 0. The van der Waals surface area contributed by atoms with Gasteiger partial charge in [0, 0.05) is 17.0 Å². The monoisotopic (exact) mass is 240 g/mol. The van der Waals surface area contributed by atoms with Crippen molar-refractivity contribution in [2.24, 2.45) is 0 Å². The topological polar surface area (TPSA) is 35.5 Å². The lowest BCUT2D eigenvalue weighted by Crippen LogP contribution is -2.14. The van der Waals surface area contributed by atoms with Crippen LogP contribution in [0.1, 0.15) is 30.4 Å². The molecule has 0 spiro atoms. The summed E-state index contributed by atoms with van der Waals surface area (Å²) >= 11 is 6.16. The first-order chi connectivity index (χ1) is 7.74. The number of carbonyl (C=O) groups is 1. The van der Waals surface area contributed by atoms with Crippen molar-refractivity contribution < 1.29 is 14.3 Å². The van der Waals surface area contributed by atoms with E-state index in [4.69, 9.17) is 21.1 Å². The van der Waals surface area contributed by atoms with Crippen LogP contribution in [-0.2, 0) is 16.1 Å². The Balaban J connectivity index is 2.44. The Morgan fingerprint density at radius 2 is 2.38 bits per heavy atom.